The van der Waals surface area contributed by atoms with Crippen molar-refractivity contribution in [2.45, 2.75) is 38.6 Å². The van der Waals surface area contributed by atoms with E-state index in [1.807, 2.05) is 0 Å². The van der Waals surface area contributed by atoms with Crippen LogP contribution >= 0.6 is 0 Å². The van der Waals surface area contributed by atoms with E-state index in [4.69, 9.17) is 0 Å². The standard InChI is InChI=1S/C7H15N/c1-2-4-7-5-3-6-8-7/h7-8H,2-6H2,1H3/p+1/t7-/m1/s1. The van der Waals surface area contributed by atoms with Crippen molar-refractivity contribution in [2.75, 3.05) is 6.54 Å². The molecule has 1 fully saturated rings. The summed E-state index contributed by atoms with van der Waals surface area (Å²) in [5, 5.41) is 2.49. The van der Waals surface area contributed by atoms with Crippen molar-refractivity contribution in [3.8, 4) is 0 Å². The van der Waals surface area contributed by atoms with Crippen LogP contribution in [0.2, 0.25) is 0 Å². The average Bonchev–Trinajstić information content (AvgIpc) is 2.19. The van der Waals surface area contributed by atoms with E-state index in [9.17, 15) is 0 Å². The first-order valence-electron chi connectivity index (χ1n) is 3.77. The topological polar surface area (TPSA) is 16.6 Å². The Morgan fingerprint density at radius 2 is 2.50 bits per heavy atom. The molecule has 0 aromatic carbocycles. The Bertz CT molecular complexity index is 55.4. The van der Waals surface area contributed by atoms with Crippen molar-refractivity contribution in [3.05, 3.63) is 0 Å². The van der Waals surface area contributed by atoms with Gasteiger partial charge >= 0.3 is 0 Å². The third-order valence-corrected chi connectivity index (χ3v) is 1.94. The number of hydrogen-bond acceptors (Lipinski definition) is 0. The highest BCUT2D eigenvalue weighted by Crippen LogP contribution is 2.02. The molecular formula is C7H16N+. The van der Waals surface area contributed by atoms with Crippen LogP contribution in [-0.4, -0.2) is 12.6 Å². The van der Waals surface area contributed by atoms with Crippen LogP contribution in [0, 0.1) is 0 Å². The molecule has 8 heavy (non-hydrogen) atoms. The molecule has 0 spiro atoms. The molecule has 2 N–H and O–H groups in total. The number of rotatable bonds is 2. The normalized spacial score (nSPS) is 28.9. The van der Waals surface area contributed by atoms with E-state index in [1.54, 1.807) is 0 Å². The summed E-state index contributed by atoms with van der Waals surface area (Å²) in [6.45, 7) is 3.65. The predicted octanol–water partition coefficient (Wildman–Crippen LogP) is 0.512. The summed E-state index contributed by atoms with van der Waals surface area (Å²) in [4.78, 5) is 0. The number of quaternary nitrogens is 1. The van der Waals surface area contributed by atoms with E-state index in [0.29, 0.717) is 0 Å². The molecule has 0 bridgehead atoms. The minimum absolute atomic E-state index is 0.986. The molecule has 0 aromatic heterocycles. The number of hydrogen-bond donors (Lipinski definition) is 1. The van der Waals surface area contributed by atoms with Gasteiger partial charge < -0.3 is 5.32 Å². The Labute approximate surface area is 51.5 Å². The Hall–Kier alpha value is -0.0400. The second kappa shape index (κ2) is 3.08. The second-order valence-electron chi connectivity index (χ2n) is 2.72. The highest BCUT2D eigenvalue weighted by atomic mass is 14.9. The Balaban J connectivity index is 2.06. The van der Waals surface area contributed by atoms with Crippen LogP contribution in [0.1, 0.15) is 32.6 Å². The summed E-state index contributed by atoms with van der Waals surface area (Å²) >= 11 is 0. The van der Waals surface area contributed by atoms with Crippen molar-refractivity contribution in [1.29, 1.82) is 0 Å². The third-order valence-electron chi connectivity index (χ3n) is 1.94. The molecule has 1 nitrogen and oxygen atoms in total. The lowest BCUT2D eigenvalue weighted by Crippen LogP contribution is -2.86. The van der Waals surface area contributed by atoms with Gasteiger partial charge in [0.15, 0.2) is 0 Å². The lowest BCUT2D eigenvalue weighted by Gasteiger charge is -2.01. The first-order chi connectivity index (χ1) is 3.93. The molecule has 0 saturated carbocycles. The fourth-order valence-electron chi connectivity index (χ4n) is 1.48. The lowest BCUT2D eigenvalue weighted by atomic mass is 10.1. The van der Waals surface area contributed by atoms with Gasteiger partial charge in [-0.15, -0.1) is 0 Å². The van der Waals surface area contributed by atoms with Crippen LogP contribution in [-0.2, 0) is 0 Å². The summed E-state index contributed by atoms with van der Waals surface area (Å²) in [5.74, 6) is 0. The molecular weight excluding hydrogens is 98.1 g/mol. The molecule has 1 rings (SSSR count). The van der Waals surface area contributed by atoms with Gasteiger partial charge in [0.1, 0.15) is 0 Å². The van der Waals surface area contributed by atoms with Crippen LogP contribution in [0.25, 0.3) is 0 Å². The maximum Gasteiger partial charge on any atom is 0.0861 e. The summed E-state index contributed by atoms with van der Waals surface area (Å²) in [7, 11) is 0. The van der Waals surface area contributed by atoms with E-state index >= 15 is 0 Å². The van der Waals surface area contributed by atoms with Crippen molar-refractivity contribution >= 4 is 0 Å². The SMILES string of the molecule is CCC[C@@H]1CCC[NH2+]1. The van der Waals surface area contributed by atoms with Crippen LogP contribution in [0.15, 0.2) is 0 Å². The molecule has 1 heteroatoms. The van der Waals surface area contributed by atoms with E-state index in [1.165, 1.54) is 32.2 Å². The second-order valence-corrected chi connectivity index (χ2v) is 2.72. The number of nitrogens with two attached hydrogens (primary N) is 1. The minimum Gasteiger partial charge on any atom is -0.344 e. The molecule has 0 aromatic rings. The third kappa shape index (κ3) is 1.48. The molecule has 1 aliphatic heterocycles. The fraction of sp³-hybridized carbons (Fsp3) is 1.00. The predicted molar refractivity (Wildman–Crippen MR) is 34.7 cm³/mol. The Morgan fingerprint density at radius 1 is 1.62 bits per heavy atom. The maximum absolute atomic E-state index is 2.49. The highest BCUT2D eigenvalue weighted by Gasteiger charge is 2.15. The highest BCUT2D eigenvalue weighted by molar-refractivity contribution is 4.57. The molecule has 1 heterocycles. The molecule has 1 atom stereocenters. The van der Waals surface area contributed by atoms with Crippen molar-refractivity contribution in [1.82, 2.24) is 0 Å². The van der Waals surface area contributed by atoms with Gasteiger partial charge in [0, 0.05) is 12.8 Å². The van der Waals surface area contributed by atoms with Crippen LogP contribution < -0.4 is 5.32 Å². The van der Waals surface area contributed by atoms with Crippen LogP contribution in [0.3, 0.4) is 0 Å². The van der Waals surface area contributed by atoms with Gasteiger partial charge in [0.2, 0.25) is 0 Å². The van der Waals surface area contributed by atoms with Crippen molar-refractivity contribution in [3.63, 3.8) is 0 Å². The van der Waals surface area contributed by atoms with Gasteiger partial charge in [-0.1, -0.05) is 13.3 Å². The summed E-state index contributed by atoms with van der Waals surface area (Å²) in [6, 6.07) is 0.986. The summed E-state index contributed by atoms with van der Waals surface area (Å²) in [5.41, 5.74) is 0. The van der Waals surface area contributed by atoms with Crippen molar-refractivity contribution < 1.29 is 5.32 Å². The zero-order valence-electron chi connectivity index (χ0n) is 5.69. The Kier molecular flexibility index (Phi) is 2.34. The summed E-state index contributed by atoms with van der Waals surface area (Å²) < 4.78 is 0. The maximum atomic E-state index is 2.49. The molecule has 0 unspecified atom stereocenters. The van der Waals surface area contributed by atoms with Gasteiger partial charge in [-0.2, -0.15) is 0 Å². The first kappa shape index (κ1) is 6.09. The van der Waals surface area contributed by atoms with Gasteiger partial charge in [-0.3, -0.25) is 0 Å². The van der Waals surface area contributed by atoms with Crippen molar-refractivity contribution in [2.24, 2.45) is 0 Å². The average molecular weight is 114 g/mol. The van der Waals surface area contributed by atoms with Gasteiger partial charge in [0.25, 0.3) is 0 Å². The zero-order chi connectivity index (χ0) is 5.82. The fourth-order valence-corrected chi connectivity index (χ4v) is 1.48. The quantitative estimate of drug-likeness (QED) is 0.539. The molecule has 48 valence electrons. The molecule has 1 aliphatic rings. The first-order valence-corrected chi connectivity index (χ1v) is 3.77. The van der Waals surface area contributed by atoms with Crippen LogP contribution in [0.4, 0.5) is 0 Å². The smallest absolute Gasteiger partial charge is 0.0861 e. The summed E-state index contributed by atoms with van der Waals surface area (Å²) in [6.07, 6.45) is 5.71. The molecule has 0 aliphatic carbocycles. The van der Waals surface area contributed by atoms with Crippen LogP contribution in [0.5, 0.6) is 0 Å². The molecule has 1 saturated heterocycles. The monoisotopic (exact) mass is 114 g/mol. The van der Waals surface area contributed by atoms with Gasteiger partial charge in [-0.25, -0.2) is 0 Å². The molecule has 0 amide bonds. The minimum atomic E-state index is 0.986. The van der Waals surface area contributed by atoms with E-state index in [-0.39, 0.29) is 0 Å². The van der Waals surface area contributed by atoms with Gasteiger partial charge in [-0.05, 0) is 6.42 Å². The van der Waals surface area contributed by atoms with E-state index < -0.39 is 0 Å². The lowest BCUT2D eigenvalue weighted by molar-refractivity contribution is -0.670. The Morgan fingerprint density at radius 3 is 3.00 bits per heavy atom. The molecule has 0 radical (unpaired) electrons. The van der Waals surface area contributed by atoms with E-state index in [2.05, 4.69) is 12.2 Å². The zero-order valence-corrected chi connectivity index (χ0v) is 5.69. The largest absolute Gasteiger partial charge is 0.344 e. The van der Waals surface area contributed by atoms with E-state index in [0.717, 1.165) is 6.04 Å². The van der Waals surface area contributed by atoms with Gasteiger partial charge in [0.05, 0.1) is 12.6 Å².